The predicted molar refractivity (Wildman–Crippen MR) is 113 cm³/mol. The maximum Gasteiger partial charge on any atom is 0.306 e. The summed E-state index contributed by atoms with van der Waals surface area (Å²) in [4.78, 5) is 13.6. The smallest absolute Gasteiger partial charge is 0.306 e. The first-order valence-electron chi connectivity index (χ1n) is 9.83. The molecule has 2 aromatic carbocycles. The van der Waals surface area contributed by atoms with E-state index in [0.717, 1.165) is 11.3 Å². The first-order valence-corrected chi connectivity index (χ1v) is 11.4. The van der Waals surface area contributed by atoms with Crippen molar-refractivity contribution in [1.29, 1.82) is 0 Å². The summed E-state index contributed by atoms with van der Waals surface area (Å²) >= 11 is 0. The maximum atomic E-state index is 13.4. The van der Waals surface area contributed by atoms with Gasteiger partial charge in [0, 0.05) is 13.1 Å². The molecule has 8 heteroatoms. The molecule has 1 heterocycles. The zero-order valence-corrected chi connectivity index (χ0v) is 18.0. The molecule has 2 atom stereocenters. The Hall–Kier alpha value is -2.58. The molecule has 2 unspecified atom stereocenters. The number of carbonyl (C=O) groups is 1. The molecule has 1 saturated heterocycles. The lowest BCUT2D eigenvalue weighted by molar-refractivity contribution is -0.143. The van der Waals surface area contributed by atoms with Gasteiger partial charge < -0.3 is 14.6 Å². The fourth-order valence-corrected chi connectivity index (χ4v) is 5.68. The first-order chi connectivity index (χ1) is 14.3. The first kappa shape index (κ1) is 22.1. The van der Waals surface area contributed by atoms with Gasteiger partial charge in [-0.1, -0.05) is 12.1 Å². The van der Waals surface area contributed by atoms with Crippen LogP contribution in [0.3, 0.4) is 0 Å². The highest BCUT2D eigenvalue weighted by atomic mass is 32.2. The van der Waals surface area contributed by atoms with Crippen molar-refractivity contribution in [3.63, 3.8) is 0 Å². The van der Waals surface area contributed by atoms with Crippen LogP contribution in [0.4, 0.5) is 0 Å². The lowest BCUT2D eigenvalue weighted by atomic mass is 9.96. The lowest BCUT2D eigenvalue weighted by Gasteiger charge is -2.37. The van der Waals surface area contributed by atoms with Crippen molar-refractivity contribution in [2.45, 2.75) is 29.5 Å². The minimum absolute atomic E-state index is 0.0757. The average molecular weight is 434 g/mol. The average Bonchev–Trinajstić information content (AvgIpc) is 2.77. The Balaban J connectivity index is 1.81. The van der Waals surface area contributed by atoms with Crippen LogP contribution in [-0.2, 0) is 21.1 Å². The molecule has 0 radical (unpaired) electrons. The number of sulfone groups is 1. The summed E-state index contributed by atoms with van der Waals surface area (Å²) in [6.07, 6.45) is 1.18. The molecule has 7 nitrogen and oxygen atoms in total. The number of rotatable bonds is 8. The Morgan fingerprint density at radius 2 is 1.60 bits per heavy atom. The van der Waals surface area contributed by atoms with E-state index in [9.17, 15) is 18.3 Å². The topological polar surface area (TPSA) is 93.1 Å². The van der Waals surface area contributed by atoms with E-state index in [2.05, 4.69) is 0 Å². The number of nitrogens with zero attached hydrogens (tertiary/aromatic N) is 1. The van der Waals surface area contributed by atoms with Crippen molar-refractivity contribution in [3.8, 4) is 11.5 Å². The van der Waals surface area contributed by atoms with Crippen molar-refractivity contribution < 1.29 is 27.8 Å². The van der Waals surface area contributed by atoms with E-state index in [0.29, 0.717) is 31.7 Å². The number of methoxy groups -OCH3 is 2. The quantitative estimate of drug-likeness (QED) is 0.684. The van der Waals surface area contributed by atoms with E-state index in [1.54, 1.807) is 19.2 Å². The summed E-state index contributed by atoms with van der Waals surface area (Å²) in [6.45, 7) is 0.950. The van der Waals surface area contributed by atoms with Gasteiger partial charge >= 0.3 is 5.97 Å². The van der Waals surface area contributed by atoms with Crippen LogP contribution in [0, 0.1) is 5.92 Å². The Morgan fingerprint density at radius 1 is 1.03 bits per heavy atom. The van der Waals surface area contributed by atoms with Gasteiger partial charge in [-0.25, -0.2) is 8.42 Å². The molecule has 0 aromatic heterocycles. The minimum Gasteiger partial charge on any atom is -0.497 e. The van der Waals surface area contributed by atoms with E-state index in [1.165, 1.54) is 19.2 Å². The molecule has 30 heavy (non-hydrogen) atoms. The summed E-state index contributed by atoms with van der Waals surface area (Å²) in [5.41, 5.74) is 1.07. The van der Waals surface area contributed by atoms with Gasteiger partial charge in [-0.3, -0.25) is 9.69 Å². The zero-order valence-electron chi connectivity index (χ0n) is 17.2. The van der Waals surface area contributed by atoms with Crippen LogP contribution in [0.1, 0.15) is 18.4 Å². The highest BCUT2D eigenvalue weighted by molar-refractivity contribution is 7.92. The number of benzene rings is 2. The molecular formula is C22H27NO6S. The summed E-state index contributed by atoms with van der Waals surface area (Å²) in [5.74, 6) is -0.279. The highest BCUT2D eigenvalue weighted by Gasteiger charge is 2.40. The molecule has 0 aliphatic carbocycles. The molecule has 1 aliphatic rings. The fourth-order valence-electron chi connectivity index (χ4n) is 3.77. The van der Waals surface area contributed by atoms with Gasteiger partial charge in [0.05, 0.1) is 25.0 Å². The third kappa shape index (κ3) is 4.94. The van der Waals surface area contributed by atoms with Gasteiger partial charge in [-0.2, -0.15) is 0 Å². The number of hydrogen-bond donors (Lipinski definition) is 1. The molecule has 0 bridgehead atoms. The SMILES string of the molecule is COc1ccc(CCN2CCC(C(=O)O)CC2S(=O)(=O)c2ccc(OC)cc2)cc1. The third-order valence-electron chi connectivity index (χ3n) is 5.60. The number of hydrogen-bond acceptors (Lipinski definition) is 6. The predicted octanol–water partition coefficient (Wildman–Crippen LogP) is 2.84. The number of likely N-dealkylation sites (tertiary alicyclic amines) is 1. The summed E-state index contributed by atoms with van der Waals surface area (Å²) in [5, 5.41) is 8.59. The largest absolute Gasteiger partial charge is 0.497 e. The zero-order chi connectivity index (χ0) is 21.7. The Kier molecular flexibility index (Phi) is 6.99. The lowest BCUT2D eigenvalue weighted by Crippen LogP contribution is -2.49. The summed E-state index contributed by atoms with van der Waals surface area (Å²) in [6, 6.07) is 13.9. The van der Waals surface area contributed by atoms with E-state index in [4.69, 9.17) is 9.47 Å². The Labute approximate surface area is 177 Å². The molecule has 3 rings (SSSR count). The van der Waals surface area contributed by atoms with Gasteiger partial charge in [0.1, 0.15) is 16.9 Å². The second kappa shape index (κ2) is 9.49. The van der Waals surface area contributed by atoms with E-state index >= 15 is 0 Å². The van der Waals surface area contributed by atoms with Crippen LogP contribution in [0.25, 0.3) is 0 Å². The van der Waals surface area contributed by atoms with Crippen LogP contribution in [0.15, 0.2) is 53.4 Å². The van der Waals surface area contributed by atoms with Crippen molar-refractivity contribution in [2.75, 3.05) is 27.3 Å². The van der Waals surface area contributed by atoms with E-state index in [1.807, 2.05) is 29.2 Å². The second-order valence-corrected chi connectivity index (χ2v) is 9.47. The summed E-state index contributed by atoms with van der Waals surface area (Å²) < 4.78 is 37.0. The minimum atomic E-state index is -3.73. The van der Waals surface area contributed by atoms with E-state index < -0.39 is 27.1 Å². The van der Waals surface area contributed by atoms with Crippen molar-refractivity contribution in [3.05, 3.63) is 54.1 Å². The molecule has 2 aromatic rings. The molecule has 0 amide bonds. The standard InChI is InChI=1S/C22H27NO6S/c1-28-18-5-3-16(4-6-18)11-13-23-14-12-17(22(24)25)15-21(23)30(26,27)20-9-7-19(29-2)8-10-20/h3-10,17,21H,11-15H2,1-2H3,(H,24,25). The monoisotopic (exact) mass is 433 g/mol. The Morgan fingerprint density at radius 3 is 2.13 bits per heavy atom. The van der Waals surface area contributed by atoms with Gasteiger partial charge in [-0.15, -0.1) is 0 Å². The van der Waals surface area contributed by atoms with Gasteiger partial charge in [0.15, 0.2) is 9.84 Å². The molecule has 1 aliphatic heterocycles. The van der Waals surface area contributed by atoms with Gasteiger partial charge in [-0.05, 0) is 61.2 Å². The molecule has 0 spiro atoms. The van der Waals surface area contributed by atoms with Crippen LogP contribution in [0.5, 0.6) is 11.5 Å². The molecule has 1 N–H and O–H groups in total. The second-order valence-electron chi connectivity index (χ2n) is 7.37. The van der Waals surface area contributed by atoms with Crippen molar-refractivity contribution in [1.82, 2.24) is 4.90 Å². The molecular weight excluding hydrogens is 406 g/mol. The number of piperidine rings is 1. The molecule has 162 valence electrons. The van der Waals surface area contributed by atoms with Crippen molar-refractivity contribution >= 4 is 15.8 Å². The van der Waals surface area contributed by atoms with Gasteiger partial charge in [0.25, 0.3) is 0 Å². The number of ether oxygens (including phenoxy) is 2. The number of aliphatic carboxylic acids is 1. The highest BCUT2D eigenvalue weighted by Crippen LogP contribution is 2.31. The molecule has 1 fully saturated rings. The number of carboxylic acids is 1. The maximum absolute atomic E-state index is 13.4. The Bertz CT molecular complexity index is 956. The van der Waals surface area contributed by atoms with Crippen LogP contribution < -0.4 is 9.47 Å². The van der Waals surface area contributed by atoms with Gasteiger partial charge in [0.2, 0.25) is 0 Å². The number of carboxylic acid groups (broad SMARTS) is 1. The normalized spacial score (nSPS) is 19.9. The third-order valence-corrected chi connectivity index (χ3v) is 7.74. The van der Waals surface area contributed by atoms with Crippen LogP contribution >= 0.6 is 0 Å². The summed E-state index contributed by atoms with van der Waals surface area (Å²) in [7, 11) is -0.606. The van der Waals surface area contributed by atoms with Crippen molar-refractivity contribution in [2.24, 2.45) is 5.92 Å². The fraction of sp³-hybridized carbons (Fsp3) is 0.409. The van der Waals surface area contributed by atoms with Crippen LogP contribution in [-0.4, -0.2) is 57.1 Å². The van der Waals surface area contributed by atoms with Crippen LogP contribution in [0.2, 0.25) is 0 Å². The molecule has 0 saturated carbocycles. The van der Waals surface area contributed by atoms with E-state index in [-0.39, 0.29) is 11.3 Å².